The minimum atomic E-state index is 0. The summed E-state index contributed by atoms with van der Waals surface area (Å²) in [6.07, 6.45) is 1.21. The topological polar surface area (TPSA) is 0 Å². The molecule has 3 rings (SSSR count). The van der Waals surface area contributed by atoms with Crippen LogP contribution in [-0.4, -0.2) is 13.6 Å². The largest absolute Gasteiger partial charge is 1.00 e. The van der Waals surface area contributed by atoms with Gasteiger partial charge in [-0.1, -0.05) is 48.5 Å². The standard InChI is InChI=1S/C16H18N.BrH/c1-17(13-14-7-3-2-4-8-14)12-11-15-9-5-6-10-16(15)17;/h2-10H,11-13H2,1H3;1H/q+1;/p-1/t17-;/m1./s1. The van der Waals surface area contributed by atoms with Crippen molar-refractivity contribution in [3.8, 4) is 0 Å². The average molecular weight is 304 g/mol. The Morgan fingerprint density at radius 2 is 1.61 bits per heavy atom. The lowest BCUT2D eigenvalue weighted by Crippen LogP contribution is -3.00. The van der Waals surface area contributed by atoms with Crippen LogP contribution in [0.2, 0.25) is 0 Å². The van der Waals surface area contributed by atoms with Crippen molar-refractivity contribution in [2.75, 3.05) is 13.6 Å². The zero-order valence-corrected chi connectivity index (χ0v) is 12.2. The molecule has 0 spiro atoms. The molecule has 2 heteroatoms. The van der Waals surface area contributed by atoms with Crippen LogP contribution in [0.1, 0.15) is 11.1 Å². The van der Waals surface area contributed by atoms with Gasteiger partial charge >= 0.3 is 0 Å². The summed E-state index contributed by atoms with van der Waals surface area (Å²) in [5.41, 5.74) is 4.44. The molecule has 1 heterocycles. The number of benzene rings is 2. The van der Waals surface area contributed by atoms with Crippen molar-refractivity contribution in [1.82, 2.24) is 4.48 Å². The van der Waals surface area contributed by atoms with Crippen LogP contribution in [0.5, 0.6) is 0 Å². The minimum absolute atomic E-state index is 0. The quantitative estimate of drug-likeness (QED) is 0.704. The number of nitrogens with zero attached hydrogens (tertiary/aromatic N) is 1. The maximum Gasteiger partial charge on any atom is 0.136 e. The maximum atomic E-state index is 2.35. The molecule has 2 aromatic carbocycles. The summed E-state index contributed by atoms with van der Waals surface area (Å²) in [5.74, 6) is 0. The van der Waals surface area contributed by atoms with Crippen LogP contribution in [0.15, 0.2) is 54.6 Å². The van der Waals surface area contributed by atoms with Gasteiger partial charge in [-0.25, -0.2) is 0 Å². The number of hydrogen-bond donors (Lipinski definition) is 0. The zero-order chi connectivity index (χ0) is 11.7. The Kier molecular flexibility index (Phi) is 3.88. The van der Waals surface area contributed by atoms with E-state index in [0.717, 1.165) is 11.0 Å². The van der Waals surface area contributed by atoms with Gasteiger partial charge < -0.3 is 17.0 Å². The van der Waals surface area contributed by atoms with Gasteiger partial charge in [0.1, 0.15) is 12.2 Å². The third-order valence-electron chi connectivity index (χ3n) is 3.82. The van der Waals surface area contributed by atoms with E-state index in [-0.39, 0.29) is 17.0 Å². The molecule has 18 heavy (non-hydrogen) atoms. The van der Waals surface area contributed by atoms with Crippen LogP contribution in [0.25, 0.3) is 0 Å². The highest BCUT2D eigenvalue weighted by Crippen LogP contribution is 2.34. The Balaban J connectivity index is 0.00000120. The SMILES string of the molecule is C[N@+]1(Cc2ccccc2)CCc2ccccc21.[Br-]. The van der Waals surface area contributed by atoms with Crippen LogP contribution < -0.4 is 21.5 Å². The first kappa shape index (κ1) is 13.3. The highest BCUT2D eigenvalue weighted by molar-refractivity contribution is 5.54. The van der Waals surface area contributed by atoms with E-state index in [9.17, 15) is 0 Å². The van der Waals surface area contributed by atoms with Crippen molar-refractivity contribution >= 4 is 5.69 Å². The summed E-state index contributed by atoms with van der Waals surface area (Å²) in [6.45, 7) is 2.31. The van der Waals surface area contributed by atoms with E-state index in [2.05, 4.69) is 61.6 Å². The summed E-state index contributed by atoms with van der Waals surface area (Å²) in [4.78, 5) is 0. The van der Waals surface area contributed by atoms with Crippen molar-refractivity contribution in [2.45, 2.75) is 13.0 Å². The molecule has 0 unspecified atom stereocenters. The van der Waals surface area contributed by atoms with E-state index in [1.807, 2.05) is 0 Å². The maximum absolute atomic E-state index is 2.35. The van der Waals surface area contributed by atoms with Gasteiger partial charge in [0.15, 0.2) is 0 Å². The van der Waals surface area contributed by atoms with Gasteiger partial charge in [0, 0.05) is 17.5 Å². The first-order valence-corrected chi connectivity index (χ1v) is 6.25. The molecule has 0 N–H and O–H groups in total. The molecular weight excluding hydrogens is 286 g/mol. The molecule has 0 radical (unpaired) electrons. The summed E-state index contributed by atoms with van der Waals surface area (Å²) in [6, 6.07) is 19.7. The molecule has 0 amide bonds. The highest BCUT2D eigenvalue weighted by atomic mass is 79.9. The Morgan fingerprint density at radius 3 is 2.39 bits per heavy atom. The van der Waals surface area contributed by atoms with Crippen LogP contribution >= 0.6 is 0 Å². The second kappa shape index (κ2) is 5.25. The lowest BCUT2D eigenvalue weighted by atomic mass is 10.1. The number of quaternary nitrogens is 1. The number of para-hydroxylation sites is 1. The minimum Gasteiger partial charge on any atom is -1.00 e. The molecule has 0 aliphatic carbocycles. The van der Waals surface area contributed by atoms with E-state index in [0.29, 0.717) is 0 Å². The van der Waals surface area contributed by atoms with Gasteiger partial charge in [-0.15, -0.1) is 0 Å². The van der Waals surface area contributed by atoms with E-state index in [4.69, 9.17) is 0 Å². The number of halogens is 1. The van der Waals surface area contributed by atoms with E-state index in [1.54, 1.807) is 0 Å². The predicted octanol–water partition coefficient (Wildman–Crippen LogP) is 0.384. The summed E-state index contributed by atoms with van der Waals surface area (Å²) >= 11 is 0. The van der Waals surface area contributed by atoms with Crippen molar-refractivity contribution in [2.24, 2.45) is 0 Å². The van der Waals surface area contributed by atoms with Gasteiger partial charge in [-0.3, -0.25) is 4.48 Å². The number of likely N-dealkylation sites (N-methyl/N-ethyl adjacent to an activating group) is 1. The fourth-order valence-corrected chi connectivity index (χ4v) is 2.89. The molecule has 1 atom stereocenters. The molecule has 1 nitrogen and oxygen atoms in total. The lowest BCUT2D eigenvalue weighted by Gasteiger charge is -2.29. The van der Waals surface area contributed by atoms with Crippen molar-refractivity contribution in [1.29, 1.82) is 0 Å². The predicted molar refractivity (Wildman–Crippen MR) is 72.9 cm³/mol. The van der Waals surface area contributed by atoms with E-state index < -0.39 is 0 Å². The molecular formula is C16H18BrN. The van der Waals surface area contributed by atoms with Gasteiger partial charge in [0.2, 0.25) is 0 Å². The Morgan fingerprint density at radius 1 is 0.944 bits per heavy atom. The molecule has 2 aromatic rings. The Hall–Kier alpha value is -1.12. The fraction of sp³-hybridized carbons (Fsp3) is 0.250. The third-order valence-corrected chi connectivity index (χ3v) is 3.82. The van der Waals surface area contributed by atoms with Crippen molar-refractivity contribution in [3.05, 3.63) is 65.7 Å². The normalized spacial score (nSPS) is 21.2. The second-order valence-electron chi connectivity index (χ2n) is 5.14. The van der Waals surface area contributed by atoms with Crippen molar-refractivity contribution < 1.29 is 17.0 Å². The average Bonchev–Trinajstić information content (AvgIpc) is 2.69. The second-order valence-corrected chi connectivity index (χ2v) is 5.14. The monoisotopic (exact) mass is 303 g/mol. The van der Waals surface area contributed by atoms with Crippen LogP contribution in [0, 0.1) is 0 Å². The molecule has 0 bridgehead atoms. The van der Waals surface area contributed by atoms with E-state index in [1.165, 1.54) is 29.8 Å². The summed E-state index contributed by atoms with van der Waals surface area (Å²) in [5, 5.41) is 0. The number of rotatable bonds is 2. The Bertz CT molecular complexity index is 524. The van der Waals surface area contributed by atoms with Crippen LogP contribution in [-0.2, 0) is 13.0 Å². The number of fused-ring (bicyclic) bond motifs is 1. The fourth-order valence-electron chi connectivity index (χ4n) is 2.89. The zero-order valence-electron chi connectivity index (χ0n) is 10.6. The first-order chi connectivity index (χ1) is 8.28. The lowest BCUT2D eigenvalue weighted by molar-refractivity contribution is -0.00000356. The van der Waals surface area contributed by atoms with Crippen molar-refractivity contribution in [3.63, 3.8) is 0 Å². The molecule has 1 aliphatic rings. The van der Waals surface area contributed by atoms with Gasteiger partial charge in [0.25, 0.3) is 0 Å². The molecule has 0 saturated carbocycles. The van der Waals surface area contributed by atoms with E-state index >= 15 is 0 Å². The summed E-state index contributed by atoms with van der Waals surface area (Å²) < 4.78 is 1.04. The smallest absolute Gasteiger partial charge is 0.136 e. The van der Waals surface area contributed by atoms with Gasteiger partial charge in [-0.05, 0) is 6.07 Å². The first-order valence-electron chi connectivity index (χ1n) is 6.25. The van der Waals surface area contributed by atoms with Crippen LogP contribution in [0.4, 0.5) is 5.69 Å². The summed E-state index contributed by atoms with van der Waals surface area (Å²) in [7, 11) is 2.35. The molecule has 0 aromatic heterocycles. The van der Waals surface area contributed by atoms with Gasteiger partial charge in [-0.2, -0.15) is 0 Å². The van der Waals surface area contributed by atoms with Crippen LogP contribution in [0.3, 0.4) is 0 Å². The van der Waals surface area contributed by atoms with Gasteiger partial charge in [0.05, 0.1) is 13.6 Å². The number of hydrogen-bond acceptors (Lipinski definition) is 0. The molecule has 0 saturated heterocycles. The molecule has 94 valence electrons. The third kappa shape index (κ3) is 2.36. The molecule has 0 fully saturated rings. The Labute approximate surface area is 119 Å². The highest BCUT2D eigenvalue weighted by Gasteiger charge is 2.33. The molecule has 1 aliphatic heterocycles.